The number of carboxylic acid groups (broad SMARTS) is 2. The van der Waals surface area contributed by atoms with Gasteiger partial charge in [0.25, 0.3) is 0 Å². The normalized spacial score (nSPS) is 10.4. The molecule has 1 rings (SSSR count). The highest BCUT2D eigenvalue weighted by molar-refractivity contribution is 5.85. The summed E-state index contributed by atoms with van der Waals surface area (Å²) in [6, 6.07) is 6.30. The van der Waals surface area contributed by atoms with Gasteiger partial charge in [-0.25, -0.2) is 4.79 Å². The number of esters is 1. The van der Waals surface area contributed by atoms with Gasteiger partial charge in [-0.15, -0.1) is 0 Å². The van der Waals surface area contributed by atoms with Gasteiger partial charge < -0.3 is 14.9 Å². The first-order valence-corrected chi connectivity index (χ1v) is 5.91. The maximum atomic E-state index is 11.4. The second kappa shape index (κ2) is 7.73. The van der Waals surface area contributed by atoms with E-state index in [4.69, 9.17) is 14.9 Å². The number of carbonyl (C=O) groups excluding carboxylic acids is 1. The van der Waals surface area contributed by atoms with Gasteiger partial charge in [0.2, 0.25) is 0 Å². The Morgan fingerprint density at radius 2 is 1.70 bits per heavy atom. The average Bonchev–Trinajstić information content (AvgIpc) is 2.37. The summed E-state index contributed by atoms with van der Waals surface area (Å²) in [5, 5.41) is 16.9. The number of carbonyl (C=O) groups is 3. The molecule has 0 amide bonds. The van der Waals surface area contributed by atoms with Crippen LogP contribution in [0, 0.1) is 0 Å². The zero-order valence-corrected chi connectivity index (χ0v) is 10.6. The van der Waals surface area contributed by atoms with Crippen molar-refractivity contribution in [2.24, 2.45) is 0 Å². The monoisotopic (exact) mass is 278 g/mol. The Bertz CT molecular complexity index is 515. The van der Waals surface area contributed by atoms with E-state index in [1.807, 2.05) is 0 Å². The predicted octanol–water partition coefficient (Wildman–Crippen LogP) is 1.94. The van der Waals surface area contributed by atoms with Crippen LogP contribution in [0.1, 0.15) is 24.8 Å². The summed E-state index contributed by atoms with van der Waals surface area (Å²) < 4.78 is 5.00. The van der Waals surface area contributed by atoms with Gasteiger partial charge in [0.15, 0.2) is 0 Å². The molecule has 0 fully saturated rings. The third-order valence-electron chi connectivity index (χ3n) is 2.30. The molecule has 0 aliphatic rings. The Hall–Kier alpha value is -2.63. The Labute approximate surface area is 115 Å². The third kappa shape index (κ3) is 6.34. The highest BCUT2D eigenvalue weighted by atomic mass is 16.5. The molecule has 0 bridgehead atoms. The Morgan fingerprint density at radius 1 is 1.05 bits per heavy atom. The molecule has 0 spiro atoms. The summed E-state index contributed by atoms with van der Waals surface area (Å²) in [6.07, 6.45) is 2.61. The summed E-state index contributed by atoms with van der Waals surface area (Å²) in [6.45, 7) is 0. The fourth-order valence-corrected chi connectivity index (χ4v) is 1.38. The van der Waals surface area contributed by atoms with E-state index in [9.17, 15) is 14.4 Å². The molecule has 2 N–H and O–H groups in total. The smallest absolute Gasteiger partial charge is 0.328 e. The topological polar surface area (TPSA) is 101 Å². The number of rotatable bonds is 7. The van der Waals surface area contributed by atoms with E-state index in [2.05, 4.69) is 0 Å². The van der Waals surface area contributed by atoms with Crippen LogP contribution in [0.4, 0.5) is 0 Å². The van der Waals surface area contributed by atoms with Gasteiger partial charge in [-0.1, -0.05) is 12.1 Å². The van der Waals surface area contributed by atoms with Crippen LogP contribution >= 0.6 is 0 Å². The maximum absolute atomic E-state index is 11.4. The van der Waals surface area contributed by atoms with Gasteiger partial charge in [0.1, 0.15) is 5.75 Å². The molecule has 0 radical (unpaired) electrons. The molecule has 106 valence electrons. The average molecular weight is 278 g/mol. The van der Waals surface area contributed by atoms with E-state index in [-0.39, 0.29) is 19.3 Å². The summed E-state index contributed by atoms with van der Waals surface area (Å²) >= 11 is 0. The minimum atomic E-state index is -1.04. The summed E-state index contributed by atoms with van der Waals surface area (Å²) in [5.41, 5.74) is 0.665. The van der Waals surface area contributed by atoms with Gasteiger partial charge in [0, 0.05) is 18.9 Å². The van der Waals surface area contributed by atoms with E-state index in [0.29, 0.717) is 11.3 Å². The fourth-order valence-electron chi connectivity index (χ4n) is 1.38. The van der Waals surface area contributed by atoms with E-state index in [0.717, 1.165) is 6.08 Å². The number of hydrogen-bond donors (Lipinski definition) is 2. The minimum Gasteiger partial charge on any atom is -0.481 e. The van der Waals surface area contributed by atoms with E-state index in [1.54, 1.807) is 12.1 Å². The van der Waals surface area contributed by atoms with Crippen LogP contribution in [0.15, 0.2) is 30.3 Å². The van der Waals surface area contributed by atoms with E-state index >= 15 is 0 Å². The lowest BCUT2D eigenvalue weighted by Crippen LogP contribution is -2.08. The molecule has 0 aliphatic heterocycles. The minimum absolute atomic E-state index is 0.0347. The zero-order chi connectivity index (χ0) is 15.0. The van der Waals surface area contributed by atoms with Gasteiger partial charge in [-0.05, 0) is 30.2 Å². The lowest BCUT2D eigenvalue weighted by atomic mass is 10.2. The lowest BCUT2D eigenvalue weighted by molar-refractivity contribution is -0.138. The van der Waals surface area contributed by atoms with Crippen LogP contribution in [-0.2, 0) is 14.4 Å². The highest BCUT2D eigenvalue weighted by Crippen LogP contribution is 2.14. The summed E-state index contributed by atoms with van der Waals surface area (Å²) in [5.74, 6) is -2.16. The predicted molar refractivity (Wildman–Crippen MR) is 70.2 cm³/mol. The van der Waals surface area contributed by atoms with Crippen LogP contribution in [0.25, 0.3) is 6.08 Å². The SMILES string of the molecule is O=C(O)/C=C/c1ccc(OC(=O)CCCC(=O)O)cc1. The molecule has 0 unspecified atom stereocenters. The van der Waals surface area contributed by atoms with Gasteiger partial charge in [-0.2, -0.15) is 0 Å². The highest BCUT2D eigenvalue weighted by Gasteiger charge is 2.06. The summed E-state index contributed by atoms with van der Waals surface area (Å²) in [7, 11) is 0. The van der Waals surface area contributed by atoms with Crippen molar-refractivity contribution in [3.8, 4) is 5.75 Å². The van der Waals surface area contributed by atoms with Crippen LogP contribution < -0.4 is 4.74 Å². The van der Waals surface area contributed by atoms with Crippen LogP contribution in [0.3, 0.4) is 0 Å². The first kappa shape index (κ1) is 15.4. The Kier molecular flexibility index (Phi) is 5.96. The standard InChI is InChI=1S/C14H14O6/c15-12(16)2-1-3-14(19)20-11-7-4-10(5-8-11)6-9-13(17)18/h4-9H,1-3H2,(H,15,16)(H,17,18)/b9-6+. The molecule has 0 heterocycles. The Balaban J connectivity index is 2.46. The van der Waals surface area contributed by atoms with Gasteiger partial charge >= 0.3 is 17.9 Å². The quantitative estimate of drug-likeness (QED) is 0.449. The number of aliphatic carboxylic acids is 2. The lowest BCUT2D eigenvalue weighted by Gasteiger charge is -2.03. The first-order chi connectivity index (χ1) is 9.47. The molecule has 0 atom stereocenters. The number of hydrogen-bond acceptors (Lipinski definition) is 4. The van der Waals surface area contributed by atoms with Crippen molar-refractivity contribution in [2.45, 2.75) is 19.3 Å². The summed E-state index contributed by atoms with van der Waals surface area (Å²) in [4.78, 5) is 32.0. The number of carboxylic acids is 2. The largest absolute Gasteiger partial charge is 0.481 e. The van der Waals surface area contributed by atoms with Crippen molar-refractivity contribution in [2.75, 3.05) is 0 Å². The second-order valence-corrected chi connectivity index (χ2v) is 3.96. The molecular formula is C14H14O6. The zero-order valence-electron chi connectivity index (χ0n) is 10.6. The molecule has 1 aromatic rings. The van der Waals surface area contributed by atoms with Crippen molar-refractivity contribution in [3.63, 3.8) is 0 Å². The van der Waals surface area contributed by atoms with Crippen molar-refractivity contribution < 1.29 is 29.3 Å². The molecule has 20 heavy (non-hydrogen) atoms. The van der Waals surface area contributed by atoms with Crippen molar-refractivity contribution in [1.82, 2.24) is 0 Å². The number of benzene rings is 1. The van der Waals surface area contributed by atoms with Crippen molar-refractivity contribution in [1.29, 1.82) is 0 Å². The Morgan fingerprint density at radius 3 is 2.25 bits per heavy atom. The van der Waals surface area contributed by atoms with Crippen LogP contribution in [0.5, 0.6) is 5.75 Å². The van der Waals surface area contributed by atoms with E-state index in [1.165, 1.54) is 18.2 Å². The molecule has 0 aliphatic carbocycles. The molecule has 0 saturated heterocycles. The van der Waals surface area contributed by atoms with Gasteiger partial charge in [0.05, 0.1) is 0 Å². The fraction of sp³-hybridized carbons (Fsp3) is 0.214. The second-order valence-electron chi connectivity index (χ2n) is 3.96. The molecule has 6 nitrogen and oxygen atoms in total. The molecule has 1 aromatic carbocycles. The van der Waals surface area contributed by atoms with Gasteiger partial charge in [-0.3, -0.25) is 9.59 Å². The van der Waals surface area contributed by atoms with Crippen LogP contribution in [0.2, 0.25) is 0 Å². The van der Waals surface area contributed by atoms with E-state index < -0.39 is 17.9 Å². The first-order valence-electron chi connectivity index (χ1n) is 5.91. The molecule has 6 heteroatoms. The number of ether oxygens (including phenoxy) is 1. The molecule has 0 saturated carbocycles. The third-order valence-corrected chi connectivity index (χ3v) is 2.30. The van der Waals surface area contributed by atoms with Crippen LogP contribution in [-0.4, -0.2) is 28.1 Å². The van der Waals surface area contributed by atoms with Crippen molar-refractivity contribution >= 4 is 24.0 Å². The molecular weight excluding hydrogens is 264 g/mol. The van der Waals surface area contributed by atoms with Crippen molar-refractivity contribution in [3.05, 3.63) is 35.9 Å². The maximum Gasteiger partial charge on any atom is 0.328 e. The molecule has 0 aromatic heterocycles.